The number of hydrogen-bond acceptors (Lipinski definition) is 4. The van der Waals surface area contributed by atoms with Crippen LogP contribution >= 0.6 is 0 Å². The molecule has 0 aromatic heterocycles. The van der Waals surface area contributed by atoms with Crippen LogP contribution in [0.2, 0.25) is 0 Å². The fourth-order valence-electron chi connectivity index (χ4n) is 1.64. The molecule has 0 radical (unpaired) electrons. The maximum atomic E-state index is 12.3. The minimum atomic E-state index is -5.29. The van der Waals surface area contributed by atoms with E-state index >= 15 is 0 Å². The Labute approximate surface area is 102 Å². The van der Waals surface area contributed by atoms with E-state index < -0.39 is 26.3 Å². The Hall–Kier alpha value is -1.28. The van der Waals surface area contributed by atoms with E-state index in [0.717, 1.165) is 12.1 Å². The van der Waals surface area contributed by atoms with Crippen molar-refractivity contribution >= 4 is 15.5 Å². The van der Waals surface area contributed by atoms with Gasteiger partial charge in [-0.1, -0.05) is 0 Å². The van der Waals surface area contributed by atoms with Gasteiger partial charge in [0.2, 0.25) is 0 Å². The van der Waals surface area contributed by atoms with Gasteiger partial charge in [0.1, 0.15) is 0 Å². The molecule has 1 saturated heterocycles. The predicted octanol–water partition coefficient (Wildman–Crippen LogP) is 1.16. The summed E-state index contributed by atoms with van der Waals surface area (Å²) in [5.74, 6) is 0. The predicted molar refractivity (Wildman–Crippen MR) is 57.9 cm³/mol. The van der Waals surface area contributed by atoms with E-state index in [1.54, 1.807) is 4.90 Å². The summed E-state index contributed by atoms with van der Waals surface area (Å²) < 4.78 is 59.0. The zero-order chi connectivity index (χ0) is 13.6. The summed E-state index contributed by atoms with van der Waals surface area (Å²) >= 11 is 0. The van der Waals surface area contributed by atoms with Crippen molar-refractivity contribution in [1.82, 2.24) is 0 Å². The molecule has 0 bridgehead atoms. The van der Waals surface area contributed by atoms with Gasteiger partial charge in [0.25, 0.3) is 9.84 Å². The summed E-state index contributed by atoms with van der Waals surface area (Å²) in [4.78, 5) is 0.953. The second-order valence-corrected chi connectivity index (χ2v) is 5.94. The smallest absolute Gasteiger partial charge is 0.389 e. The summed E-state index contributed by atoms with van der Waals surface area (Å²) in [5, 5.41) is 9.08. The number of aliphatic hydroxyl groups excluding tert-OH is 1. The third-order valence-electron chi connectivity index (χ3n) is 2.68. The summed E-state index contributed by atoms with van der Waals surface area (Å²) in [7, 11) is -5.29. The van der Waals surface area contributed by atoms with Crippen LogP contribution < -0.4 is 4.90 Å². The third-order valence-corrected chi connectivity index (χ3v) is 4.18. The summed E-state index contributed by atoms with van der Waals surface area (Å²) in [5.41, 5.74) is -4.71. The van der Waals surface area contributed by atoms with Crippen LogP contribution in [0.3, 0.4) is 0 Å². The maximum Gasteiger partial charge on any atom is 0.501 e. The Balaban J connectivity index is 2.23. The van der Waals surface area contributed by atoms with Gasteiger partial charge in [-0.05, 0) is 24.3 Å². The lowest BCUT2D eigenvalue weighted by molar-refractivity contribution is -0.0436. The lowest BCUT2D eigenvalue weighted by Crippen LogP contribution is -2.50. The average Bonchev–Trinajstić information content (AvgIpc) is 2.23. The Kier molecular flexibility index (Phi) is 3.02. The standard InChI is InChI=1S/C10H10F3NO3S/c11-10(12,13)18(16,17)9-3-1-7(2-4-9)14-5-8(15)6-14/h1-4,8,15H,5-6H2. The summed E-state index contributed by atoms with van der Waals surface area (Å²) in [6.07, 6.45) is -0.441. The number of β-amino-alcohol motifs (C(OH)–C–C–N with tert-alkyl or cyclic N) is 1. The minimum absolute atomic E-state index is 0.394. The van der Waals surface area contributed by atoms with Crippen LogP contribution in [0, 0.1) is 0 Å². The number of anilines is 1. The number of hydrogen-bond donors (Lipinski definition) is 1. The van der Waals surface area contributed by atoms with Crippen LogP contribution in [0.15, 0.2) is 29.2 Å². The Bertz CT molecular complexity index is 532. The molecule has 1 heterocycles. The first-order chi connectivity index (χ1) is 8.22. The van der Waals surface area contributed by atoms with Gasteiger partial charge in [0, 0.05) is 18.8 Å². The van der Waals surface area contributed by atoms with Crippen molar-refractivity contribution in [1.29, 1.82) is 0 Å². The fourth-order valence-corrected chi connectivity index (χ4v) is 2.40. The molecule has 0 amide bonds. The SMILES string of the molecule is O=S(=O)(c1ccc(N2CC(O)C2)cc1)C(F)(F)F. The van der Waals surface area contributed by atoms with Crippen LogP contribution in [0.5, 0.6) is 0 Å². The lowest BCUT2D eigenvalue weighted by atomic mass is 10.1. The van der Waals surface area contributed by atoms with E-state index in [-0.39, 0.29) is 0 Å². The molecule has 0 saturated carbocycles. The molecule has 100 valence electrons. The van der Waals surface area contributed by atoms with Crippen molar-refractivity contribution in [3.05, 3.63) is 24.3 Å². The van der Waals surface area contributed by atoms with Gasteiger partial charge in [-0.25, -0.2) is 8.42 Å². The number of aliphatic hydroxyl groups is 1. The molecule has 1 aromatic carbocycles. The van der Waals surface area contributed by atoms with Crippen LogP contribution in [-0.4, -0.2) is 38.2 Å². The first-order valence-electron chi connectivity index (χ1n) is 5.06. The molecule has 1 aromatic rings. The fraction of sp³-hybridized carbons (Fsp3) is 0.400. The van der Waals surface area contributed by atoms with Gasteiger partial charge in [-0.15, -0.1) is 0 Å². The average molecular weight is 281 g/mol. The quantitative estimate of drug-likeness (QED) is 0.884. The van der Waals surface area contributed by atoms with Crippen LogP contribution in [0.25, 0.3) is 0 Å². The van der Waals surface area contributed by atoms with E-state index in [1.165, 1.54) is 12.1 Å². The molecule has 1 aliphatic rings. The maximum absolute atomic E-state index is 12.3. The second kappa shape index (κ2) is 4.13. The van der Waals surface area contributed by atoms with E-state index in [2.05, 4.69) is 0 Å². The second-order valence-electron chi connectivity index (χ2n) is 4.00. The van der Waals surface area contributed by atoms with Crippen molar-refractivity contribution in [3.63, 3.8) is 0 Å². The highest BCUT2D eigenvalue weighted by atomic mass is 32.2. The van der Waals surface area contributed by atoms with Gasteiger partial charge in [-0.3, -0.25) is 0 Å². The van der Waals surface area contributed by atoms with E-state index in [4.69, 9.17) is 5.11 Å². The van der Waals surface area contributed by atoms with Crippen molar-refractivity contribution in [2.75, 3.05) is 18.0 Å². The Morgan fingerprint density at radius 3 is 2.06 bits per heavy atom. The third kappa shape index (κ3) is 2.17. The Morgan fingerprint density at radius 2 is 1.67 bits per heavy atom. The van der Waals surface area contributed by atoms with Crippen LogP contribution in [0.1, 0.15) is 0 Å². The molecular formula is C10H10F3NO3S. The molecule has 1 fully saturated rings. The van der Waals surface area contributed by atoms with Gasteiger partial charge < -0.3 is 10.0 Å². The number of benzene rings is 1. The van der Waals surface area contributed by atoms with E-state index in [9.17, 15) is 21.6 Å². The first-order valence-corrected chi connectivity index (χ1v) is 6.54. The van der Waals surface area contributed by atoms with Gasteiger partial charge in [0.05, 0.1) is 11.0 Å². The minimum Gasteiger partial charge on any atom is -0.389 e. The molecule has 0 atom stereocenters. The zero-order valence-corrected chi connectivity index (χ0v) is 9.87. The topological polar surface area (TPSA) is 57.6 Å². The number of sulfone groups is 1. The van der Waals surface area contributed by atoms with Crippen LogP contribution in [-0.2, 0) is 9.84 Å². The largest absolute Gasteiger partial charge is 0.501 e. The van der Waals surface area contributed by atoms with Crippen LogP contribution in [0.4, 0.5) is 18.9 Å². The van der Waals surface area contributed by atoms with E-state index in [0.29, 0.717) is 18.8 Å². The first kappa shape index (κ1) is 13.2. The molecule has 1 aliphatic heterocycles. The van der Waals surface area contributed by atoms with Gasteiger partial charge >= 0.3 is 5.51 Å². The van der Waals surface area contributed by atoms with Crippen molar-refractivity contribution in [2.24, 2.45) is 0 Å². The van der Waals surface area contributed by atoms with Crippen molar-refractivity contribution in [2.45, 2.75) is 16.5 Å². The molecule has 18 heavy (non-hydrogen) atoms. The van der Waals surface area contributed by atoms with Gasteiger partial charge in [0.15, 0.2) is 0 Å². The lowest BCUT2D eigenvalue weighted by Gasteiger charge is -2.37. The van der Waals surface area contributed by atoms with E-state index in [1.807, 2.05) is 0 Å². The molecule has 8 heteroatoms. The number of alkyl halides is 3. The monoisotopic (exact) mass is 281 g/mol. The highest BCUT2D eigenvalue weighted by molar-refractivity contribution is 7.92. The normalized spacial score (nSPS) is 17.7. The molecule has 4 nitrogen and oxygen atoms in total. The summed E-state index contributed by atoms with van der Waals surface area (Å²) in [6.45, 7) is 0.788. The molecule has 0 aliphatic carbocycles. The molecule has 2 rings (SSSR count). The zero-order valence-electron chi connectivity index (χ0n) is 9.05. The number of nitrogens with zero attached hydrogens (tertiary/aromatic N) is 1. The number of halogens is 3. The van der Waals surface area contributed by atoms with Crippen molar-refractivity contribution in [3.8, 4) is 0 Å². The highest BCUT2D eigenvalue weighted by Gasteiger charge is 2.46. The molecular weight excluding hydrogens is 271 g/mol. The highest BCUT2D eigenvalue weighted by Crippen LogP contribution is 2.31. The molecule has 1 N–H and O–H groups in total. The Morgan fingerprint density at radius 1 is 1.17 bits per heavy atom. The van der Waals surface area contributed by atoms with Crippen molar-refractivity contribution < 1.29 is 26.7 Å². The number of rotatable bonds is 2. The molecule has 0 unspecified atom stereocenters. The summed E-state index contributed by atoms with van der Waals surface area (Å²) in [6, 6.07) is 4.43. The van der Waals surface area contributed by atoms with Gasteiger partial charge in [-0.2, -0.15) is 13.2 Å². The molecule has 0 spiro atoms.